The Morgan fingerprint density at radius 1 is 1.19 bits per heavy atom. The average molecular weight is 381 g/mol. The predicted octanol–water partition coefficient (Wildman–Crippen LogP) is 3.36. The van der Waals surface area contributed by atoms with Crippen molar-refractivity contribution in [3.05, 3.63) is 47.0 Å². The molecule has 0 saturated heterocycles. The molecule has 6 nitrogen and oxygen atoms in total. The predicted molar refractivity (Wildman–Crippen MR) is 92.7 cm³/mol. The zero-order valence-electron chi connectivity index (χ0n) is 15.1. The molecule has 1 aliphatic heterocycles. The topological polar surface area (TPSA) is 63.1 Å². The first-order chi connectivity index (χ1) is 12.8. The van der Waals surface area contributed by atoms with Gasteiger partial charge in [-0.1, -0.05) is 18.6 Å². The van der Waals surface area contributed by atoms with E-state index in [1.54, 1.807) is 7.05 Å². The molecular weight excluding hydrogens is 359 g/mol. The molecule has 0 aliphatic carbocycles. The number of carbonyl (C=O) groups is 1. The summed E-state index contributed by atoms with van der Waals surface area (Å²) in [5.74, 6) is 1.68. The summed E-state index contributed by atoms with van der Waals surface area (Å²) in [6.45, 7) is 1.33. The number of nitrogens with zero attached hydrogens (tertiary/aromatic N) is 4. The van der Waals surface area contributed by atoms with Crippen LogP contribution in [0.2, 0.25) is 0 Å². The van der Waals surface area contributed by atoms with Gasteiger partial charge in [-0.25, -0.2) is 4.79 Å². The van der Waals surface area contributed by atoms with E-state index in [0.29, 0.717) is 5.56 Å². The summed E-state index contributed by atoms with van der Waals surface area (Å²) in [5, 5.41) is 11.1. The van der Waals surface area contributed by atoms with Gasteiger partial charge in [0.05, 0.1) is 12.1 Å². The van der Waals surface area contributed by atoms with Crippen LogP contribution in [0.15, 0.2) is 24.3 Å². The van der Waals surface area contributed by atoms with Crippen molar-refractivity contribution in [2.45, 2.75) is 51.5 Å². The van der Waals surface area contributed by atoms with Crippen LogP contribution in [0.3, 0.4) is 0 Å². The van der Waals surface area contributed by atoms with E-state index in [1.807, 2.05) is 0 Å². The number of urea groups is 1. The van der Waals surface area contributed by atoms with E-state index < -0.39 is 11.7 Å². The van der Waals surface area contributed by atoms with Crippen molar-refractivity contribution in [2.24, 2.45) is 0 Å². The van der Waals surface area contributed by atoms with Crippen molar-refractivity contribution in [3.63, 3.8) is 0 Å². The number of halogens is 3. The van der Waals surface area contributed by atoms with Crippen LogP contribution in [0.4, 0.5) is 18.0 Å². The maximum atomic E-state index is 12.6. The number of hydrogen-bond donors (Lipinski definition) is 1. The minimum Gasteiger partial charge on any atom is -0.331 e. The zero-order valence-corrected chi connectivity index (χ0v) is 15.1. The lowest BCUT2D eigenvalue weighted by Gasteiger charge is -2.18. The van der Waals surface area contributed by atoms with Gasteiger partial charge in [0.15, 0.2) is 5.82 Å². The van der Waals surface area contributed by atoms with Crippen LogP contribution in [0, 0.1) is 0 Å². The van der Waals surface area contributed by atoms with E-state index >= 15 is 0 Å². The van der Waals surface area contributed by atoms with Crippen LogP contribution in [0.1, 0.15) is 42.0 Å². The Hall–Kier alpha value is -2.58. The molecule has 2 heterocycles. The standard InChI is InChI=1S/C18H22F3N5O/c1-25(12-13-6-8-14(9-7-13)18(19,20)21)17(27)22-11-16-24-23-15-5-3-2-4-10-26(15)16/h6-9H,2-5,10-12H2,1H3,(H,22,27). The molecule has 1 N–H and O–H groups in total. The molecule has 3 rings (SSSR count). The third-order valence-corrected chi connectivity index (χ3v) is 4.63. The third kappa shape index (κ3) is 4.78. The fourth-order valence-corrected chi connectivity index (χ4v) is 3.11. The Bertz CT molecular complexity index is 785. The van der Waals surface area contributed by atoms with Crippen LogP contribution in [0.5, 0.6) is 0 Å². The normalized spacial score (nSPS) is 14.4. The second-order valence-corrected chi connectivity index (χ2v) is 6.70. The fourth-order valence-electron chi connectivity index (χ4n) is 3.11. The Morgan fingerprint density at radius 3 is 2.63 bits per heavy atom. The van der Waals surface area contributed by atoms with Crippen LogP contribution in [-0.4, -0.2) is 32.7 Å². The number of amides is 2. The van der Waals surface area contributed by atoms with E-state index in [4.69, 9.17) is 0 Å². The lowest BCUT2D eigenvalue weighted by atomic mass is 10.1. The van der Waals surface area contributed by atoms with Crippen LogP contribution >= 0.6 is 0 Å². The molecule has 0 radical (unpaired) electrons. The summed E-state index contributed by atoms with van der Waals surface area (Å²) in [6, 6.07) is 4.48. The molecule has 0 fully saturated rings. The van der Waals surface area contributed by atoms with E-state index in [-0.39, 0.29) is 19.1 Å². The molecule has 0 bridgehead atoms. The highest BCUT2D eigenvalue weighted by Gasteiger charge is 2.30. The smallest absolute Gasteiger partial charge is 0.331 e. The highest BCUT2D eigenvalue weighted by molar-refractivity contribution is 5.73. The second kappa shape index (κ2) is 7.98. The van der Waals surface area contributed by atoms with E-state index in [9.17, 15) is 18.0 Å². The summed E-state index contributed by atoms with van der Waals surface area (Å²) < 4.78 is 39.9. The molecule has 2 aromatic rings. The molecule has 27 heavy (non-hydrogen) atoms. The SMILES string of the molecule is CN(Cc1ccc(C(F)(F)F)cc1)C(=O)NCc1nnc2n1CCCCC2. The number of aryl methyl sites for hydroxylation is 1. The second-order valence-electron chi connectivity index (χ2n) is 6.70. The molecule has 1 aromatic heterocycles. The summed E-state index contributed by atoms with van der Waals surface area (Å²) in [6.07, 6.45) is -0.141. The van der Waals surface area contributed by atoms with Gasteiger partial charge in [-0.3, -0.25) is 0 Å². The largest absolute Gasteiger partial charge is 0.416 e. The van der Waals surface area contributed by atoms with Crippen molar-refractivity contribution in [1.82, 2.24) is 25.0 Å². The maximum Gasteiger partial charge on any atom is 0.416 e. The van der Waals surface area contributed by atoms with Crippen molar-refractivity contribution in [1.29, 1.82) is 0 Å². The Kier molecular flexibility index (Phi) is 5.67. The van der Waals surface area contributed by atoms with Gasteiger partial charge in [0.1, 0.15) is 5.82 Å². The number of alkyl halides is 3. The van der Waals surface area contributed by atoms with Gasteiger partial charge in [-0.05, 0) is 30.5 Å². The molecule has 9 heteroatoms. The van der Waals surface area contributed by atoms with Crippen LogP contribution in [0.25, 0.3) is 0 Å². The number of fused-ring (bicyclic) bond motifs is 1. The number of carbonyl (C=O) groups excluding carboxylic acids is 1. The maximum absolute atomic E-state index is 12.6. The summed E-state index contributed by atoms with van der Waals surface area (Å²) >= 11 is 0. The number of nitrogens with one attached hydrogen (secondary N) is 1. The van der Waals surface area contributed by atoms with Crippen molar-refractivity contribution >= 4 is 6.03 Å². The lowest BCUT2D eigenvalue weighted by Crippen LogP contribution is -2.37. The molecule has 0 saturated carbocycles. The molecule has 0 atom stereocenters. The van der Waals surface area contributed by atoms with Crippen LogP contribution < -0.4 is 5.32 Å². The van der Waals surface area contributed by atoms with Crippen molar-refractivity contribution in [3.8, 4) is 0 Å². The van der Waals surface area contributed by atoms with Crippen molar-refractivity contribution < 1.29 is 18.0 Å². The quantitative estimate of drug-likeness (QED) is 0.883. The van der Waals surface area contributed by atoms with Gasteiger partial charge in [0.25, 0.3) is 0 Å². The van der Waals surface area contributed by atoms with Gasteiger partial charge < -0.3 is 14.8 Å². The molecule has 0 spiro atoms. The fraction of sp³-hybridized carbons (Fsp3) is 0.500. The van der Waals surface area contributed by atoms with Crippen molar-refractivity contribution in [2.75, 3.05) is 7.05 Å². The van der Waals surface area contributed by atoms with E-state index in [0.717, 1.165) is 56.0 Å². The van der Waals surface area contributed by atoms with Gasteiger partial charge in [-0.2, -0.15) is 13.2 Å². The van der Waals surface area contributed by atoms with Gasteiger partial charge in [0, 0.05) is 26.6 Å². The highest BCUT2D eigenvalue weighted by atomic mass is 19.4. The summed E-state index contributed by atoms with van der Waals surface area (Å²) in [5.41, 5.74) is -0.0807. The summed E-state index contributed by atoms with van der Waals surface area (Å²) in [4.78, 5) is 13.7. The number of rotatable bonds is 4. The molecule has 1 aromatic carbocycles. The average Bonchev–Trinajstić information content (AvgIpc) is 2.85. The molecule has 0 unspecified atom stereocenters. The van der Waals surface area contributed by atoms with Gasteiger partial charge in [0.2, 0.25) is 0 Å². The molecular formula is C18H22F3N5O. The highest BCUT2D eigenvalue weighted by Crippen LogP contribution is 2.29. The Morgan fingerprint density at radius 2 is 1.93 bits per heavy atom. The molecule has 146 valence electrons. The monoisotopic (exact) mass is 381 g/mol. The Labute approximate surface area is 155 Å². The Balaban J connectivity index is 1.54. The third-order valence-electron chi connectivity index (χ3n) is 4.63. The first kappa shape index (κ1) is 19.2. The van der Waals surface area contributed by atoms with E-state index in [2.05, 4.69) is 20.1 Å². The minimum absolute atomic E-state index is 0.210. The lowest BCUT2D eigenvalue weighted by molar-refractivity contribution is -0.137. The molecule has 1 aliphatic rings. The van der Waals surface area contributed by atoms with Gasteiger partial charge >= 0.3 is 12.2 Å². The van der Waals surface area contributed by atoms with Crippen LogP contribution in [-0.2, 0) is 32.2 Å². The first-order valence-corrected chi connectivity index (χ1v) is 8.90. The molecule has 2 amide bonds. The first-order valence-electron chi connectivity index (χ1n) is 8.90. The van der Waals surface area contributed by atoms with E-state index in [1.165, 1.54) is 17.0 Å². The summed E-state index contributed by atoms with van der Waals surface area (Å²) in [7, 11) is 1.59. The number of hydrogen-bond acceptors (Lipinski definition) is 3. The minimum atomic E-state index is -4.36. The van der Waals surface area contributed by atoms with Gasteiger partial charge in [-0.15, -0.1) is 10.2 Å². The zero-order chi connectivity index (χ0) is 19.4. The number of aromatic nitrogens is 3. The number of benzene rings is 1.